The van der Waals surface area contributed by atoms with E-state index in [0.717, 1.165) is 5.56 Å². The molecule has 0 unspecified atom stereocenters. The van der Waals surface area contributed by atoms with E-state index in [0.29, 0.717) is 33.8 Å². The van der Waals surface area contributed by atoms with Crippen LogP contribution in [-0.4, -0.2) is 23.5 Å². The minimum Gasteiger partial charge on any atom is -0.493 e. The smallest absolute Gasteiger partial charge is 0.291 e. The Hall–Kier alpha value is -3.17. The first-order valence-electron chi connectivity index (χ1n) is 9.37. The van der Waals surface area contributed by atoms with Crippen molar-refractivity contribution in [3.05, 3.63) is 76.2 Å². The van der Waals surface area contributed by atoms with Crippen LogP contribution in [0.15, 0.2) is 63.7 Å². The second-order valence-corrected chi connectivity index (χ2v) is 7.71. The van der Waals surface area contributed by atoms with E-state index < -0.39 is 0 Å². The molecule has 0 spiro atoms. The Balaban J connectivity index is 1.65. The first-order valence-corrected chi connectivity index (χ1v) is 10.6. The predicted octanol–water partition coefficient (Wildman–Crippen LogP) is 5.13. The molecule has 2 amide bonds. The molecule has 3 rings (SSSR count). The van der Waals surface area contributed by atoms with Gasteiger partial charge >= 0.3 is 0 Å². The lowest BCUT2D eigenvalue weighted by atomic mass is 10.1. The number of furan rings is 1. The standard InChI is InChI=1S/C22H20BrN3O4S/c1-3-29-18-9-7-14(11-16(18)23)20(27)26-22(31)25-17-12-15(8-6-13(17)2)24-21(28)19-5-4-10-30-19/h4-12H,3H2,1-2H3,(H,24,28)(H2,25,26,27,31). The minimum atomic E-state index is -0.364. The topological polar surface area (TPSA) is 92.6 Å². The van der Waals surface area contributed by atoms with Gasteiger partial charge in [-0.1, -0.05) is 6.07 Å². The maximum atomic E-state index is 12.5. The molecule has 3 N–H and O–H groups in total. The number of thiocarbonyl (C=S) groups is 1. The molecule has 0 saturated carbocycles. The molecule has 1 heterocycles. The zero-order valence-corrected chi connectivity index (χ0v) is 19.2. The van der Waals surface area contributed by atoms with Crippen molar-refractivity contribution >= 4 is 56.4 Å². The largest absolute Gasteiger partial charge is 0.493 e. The van der Waals surface area contributed by atoms with E-state index in [2.05, 4.69) is 31.9 Å². The fourth-order valence-electron chi connectivity index (χ4n) is 2.68. The molecule has 31 heavy (non-hydrogen) atoms. The second kappa shape index (κ2) is 10.2. The number of hydrogen-bond acceptors (Lipinski definition) is 5. The summed E-state index contributed by atoms with van der Waals surface area (Å²) >= 11 is 8.68. The van der Waals surface area contributed by atoms with Gasteiger partial charge < -0.3 is 19.8 Å². The average Bonchev–Trinajstić information content (AvgIpc) is 3.27. The zero-order valence-electron chi connectivity index (χ0n) is 16.8. The van der Waals surface area contributed by atoms with Crippen LogP contribution in [0, 0.1) is 6.92 Å². The molecule has 9 heteroatoms. The Bertz CT molecular complexity index is 1120. The number of benzene rings is 2. The molecule has 0 radical (unpaired) electrons. The van der Waals surface area contributed by atoms with Crippen LogP contribution < -0.4 is 20.7 Å². The molecule has 0 aliphatic carbocycles. The third kappa shape index (κ3) is 5.93. The molecular formula is C22H20BrN3O4S. The molecule has 7 nitrogen and oxygen atoms in total. The highest BCUT2D eigenvalue weighted by Crippen LogP contribution is 2.26. The Morgan fingerprint density at radius 2 is 1.90 bits per heavy atom. The van der Waals surface area contributed by atoms with Crippen molar-refractivity contribution < 1.29 is 18.7 Å². The quantitative estimate of drug-likeness (QED) is 0.405. The lowest BCUT2D eigenvalue weighted by Gasteiger charge is -2.14. The Labute approximate surface area is 193 Å². The van der Waals surface area contributed by atoms with Crippen LogP contribution in [0.1, 0.15) is 33.4 Å². The fourth-order valence-corrected chi connectivity index (χ4v) is 3.37. The van der Waals surface area contributed by atoms with E-state index in [-0.39, 0.29) is 22.7 Å². The van der Waals surface area contributed by atoms with Crippen LogP contribution in [0.25, 0.3) is 0 Å². The summed E-state index contributed by atoms with van der Waals surface area (Å²) in [5.74, 6) is 0.140. The summed E-state index contributed by atoms with van der Waals surface area (Å²) in [7, 11) is 0. The fraction of sp³-hybridized carbons (Fsp3) is 0.136. The minimum absolute atomic E-state index is 0.132. The predicted molar refractivity (Wildman–Crippen MR) is 127 cm³/mol. The monoisotopic (exact) mass is 501 g/mol. The van der Waals surface area contributed by atoms with Crippen molar-refractivity contribution in [3.8, 4) is 5.75 Å². The third-order valence-electron chi connectivity index (χ3n) is 4.21. The Kier molecular flexibility index (Phi) is 7.43. The highest BCUT2D eigenvalue weighted by molar-refractivity contribution is 9.10. The molecule has 160 valence electrons. The van der Waals surface area contributed by atoms with Gasteiger partial charge in [0.25, 0.3) is 11.8 Å². The van der Waals surface area contributed by atoms with Gasteiger partial charge in [0, 0.05) is 16.9 Å². The molecule has 1 aromatic heterocycles. The van der Waals surface area contributed by atoms with Gasteiger partial charge in [-0.25, -0.2) is 0 Å². The summed E-state index contributed by atoms with van der Waals surface area (Å²) in [5.41, 5.74) is 2.52. The Morgan fingerprint density at radius 3 is 2.58 bits per heavy atom. The van der Waals surface area contributed by atoms with Crippen LogP contribution in [0.2, 0.25) is 0 Å². The normalized spacial score (nSPS) is 10.3. The number of carbonyl (C=O) groups is 2. The number of rotatable bonds is 6. The van der Waals surface area contributed by atoms with Gasteiger partial charge in [-0.2, -0.15) is 0 Å². The van der Waals surface area contributed by atoms with Gasteiger partial charge in [0.15, 0.2) is 10.9 Å². The number of anilines is 2. The van der Waals surface area contributed by atoms with Crippen molar-refractivity contribution in [2.45, 2.75) is 13.8 Å². The molecule has 2 aromatic carbocycles. The molecule has 0 aliphatic heterocycles. The SMILES string of the molecule is CCOc1ccc(C(=O)NC(=S)Nc2cc(NC(=O)c3ccco3)ccc2C)cc1Br. The summed E-state index contributed by atoms with van der Waals surface area (Å²) < 4.78 is 11.2. The second-order valence-electron chi connectivity index (χ2n) is 6.45. The highest BCUT2D eigenvalue weighted by Gasteiger charge is 2.13. The van der Waals surface area contributed by atoms with Gasteiger partial charge in [0.05, 0.1) is 17.3 Å². The number of aryl methyl sites for hydroxylation is 1. The van der Waals surface area contributed by atoms with Crippen LogP contribution in [0.4, 0.5) is 11.4 Å². The molecule has 0 atom stereocenters. The number of ether oxygens (including phenoxy) is 1. The maximum Gasteiger partial charge on any atom is 0.291 e. The van der Waals surface area contributed by atoms with E-state index in [4.69, 9.17) is 21.4 Å². The van der Waals surface area contributed by atoms with Gasteiger partial charge in [0.2, 0.25) is 0 Å². The van der Waals surface area contributed by atoms with E-state index in [1.165, 1.54) is 6.26 Å². The summed E-state index contributed by atoms with van der Waals surface area (Å²) in [6, 6.07) is 13.6. The third-order valence-corrected chi connectivity index (χ3v) is 5.03. The van der Waals surface area contributed by atoms with Crippen LogP contribution >= 0.6 is 28.1 Å². The number of nitrogens with one attached hydrogen (secondary N) is 3. The molecule has 0 aliphatic rings. The van der Waals surface area contributed by atoms with Crippen molar-refractivity contribution in [1.82, 2.24) is 5.32 Å². The number of amides is 2. The van der Waals surface area contributed by atoms with Crippen LogP contribution in [0.5, 0.6) is 5.75 Å². The van der Waals surface area contributed by atoms with Crippen molar-refractivity contribution in [1.29, 1.82) is 0 Å². The Morgan fingerprint density at radius 1 is 1.10 bits per heavy atom. The first-order chi connectivity index (χ1) is 14.9. The van der Waals surface area contributed by atoms with Crippen molar-refractivity contribution in [3.63, 3.8) is 0 Å². The van der Waals surface area contributed by atoms with Gasteiger partial charge in [-0.05, 0) is 90.0 Å². The van der Waals surface area contributed by atoms with E-state index in [9.17, 15) is 9.59 Å². The first kappa shape index (κ1) is 22.5. The lowest BCUT2D eigenvalue weighted by molar-refractivity contribution is 0.0975. The highest BCUT2D eigenvalue weighted by atomic mass is 79.9. The summed E-state index contributed by atoms with van der Waals surface area (Å²) in [5, 5.41) is 8.53. The average molecular weight is 502 g/mol. The van der Waals surface area contributed by atoms with E-state index in [1.807, 2.05) is 19.9 Å². The summed E-state index contributed by atoms with van der Waals surface area (Å²) in [4.78, 5) is 24.7. The number of hydrogen-bond donors (Lipinski definition) is 3. The van der Waals surface area contributed by atoms with E-state index in [1.54, 1.807) is 42.5 Å². The number of halogens is 1. The molecule has 0 fully saturated rings. The van der Waals surface area contributed by atoms with Gasteiger partial charge in [-0.3, -0.25) is 14.9 Å². The van der Waals surface area contributed by atoms with Gasteiger partial charge in [-0.15, -0.1) is 0 Å². The van der Waals surface area contributed by atoms with E-state index >= 15 is 0 Å². The lowest BCUT2D eigenvalue weighted by Crippen LogP contribution is -2.34. The van der Waals surface area contributed by atoms with Crippen molar-refractivity contribution in [2.75, 3.05) is 17.2 Å². The van der Waals surface area contributed by atoms with Gasteiger partial charge in [0.1, 0.15) is 5.75 Å². The van der Waals surface area contributed by atoms with Crippen LogP contribution in [0.3, 0.4) is 0 Å². The molecule has 0 saturated heterocycles. The van der Waals surface area contributed by atoms with Crippen LogP contribution in [-0.2, 0) is 0 Å². The molecule has 3 aromatic rings. The molecular weight excluding hydrogens is 482 g/mol. The maximum absolute atomic E-state index is 12.5. The zero-order chi connectivity index (χ0) is 22.4. The van der Waals surface area contributed by atoms with Crippen molar-refractivity contribution in [2.24, 2.45) is 0 Å². The summed E-state index contributed by atoms with van der Waals surface area (Å²) in [6.45, 7) is 4.30. The summed E-state index contributed by atoms with van der Waals surface area (Å²) in [6.07, 6.45) is 1.43. The number of carbonyl (C=O) groups excluding carboxylic acids is 2. The molecule has 0 bridgehead atoms.